The van der Waals surface area contributed by atoms with Crippen molar-refractivity contribution in [1.82, 2.24) is 9.88 Å². The summed E-state index contributed by atoms with van der Waals surface area (Å²) in [6.45, 7) is 0.347. The van der Waals surface area contributed by atoms with E-state index >= 15 is 0 Å². The number of hydrogen-bond acceptors (Lipinski definition) is 3. The first-order valence-electron chi connectivity index (χ1n) is 5.81. The van der Waals surface area contributed by atoms with E-state index in [1.165, 1.54) is 0 Å². The normalized spacial score (nSPS) is 12.6. The summed E-state index contributed by atoms with van der Waals surface area (Å²) < 4.78 is 2.02. The fraction of sp³-hybridized carbons (Fsp3) is 0.308. The average Bonchev–Trinajstić information content (AvgIpc) is 2.68. The van der Waals surface area contributed by atoms with Crippen LogP contribution in [0.1, 0.15) is 0 Å². The summed E-state index contributed by atoms with van der Waals surface area (Å²) >= 11 is 0. The van der Waals surface area contributed by atoms with Crippen LogP contribution in [-0.4, -0.2) is 35.3 Å². The van der Waals surface area contributed by atoms with Crippen molar-refractivity contribution < 1.29 is 9.90 Å². The van der Waals surface area contributed by atoms with Gasteiger partial charge in [0.25, 0.3) is 0 Å². The molecular weight excluding hydrogens is 230 g/mol. The van der Waals surface area contributed by atoms with E-state index in [2.05, 4.69) is 10.6 Å². The molecule has 2 rings (SSSR count). The van der Waals surface area contributed by atoms with Gasteiger partial charge >= 0.3 is 5.97 Å². The molecule has 1 aromatic heterocycles. The van der Waals surface area contributed by atoms with E-state index in [0.29, 0.717) is 6.54 Å². The largest absolute Gasteiger partial charge is 0.480 e. The number of carbonyl (C=O) groups is 1. The molecular formula is C13H17N3O2. The van der Waals surface area contributed by atoms with Gasteiger partial charge in [-0.15, -0.1) is 0 Å². The Balaban J connectivity index is 2.19. The maximum absolute atomic E-state index is 10.9. The lowest BCUT2D eigenvalue weighted by molar-refractivity contribution is -0.138. The number of carboxylic acids is 1. The van der Waals surface area contributed by atoms with E-state index in [4.69, 9.17) is 5.11 Å². The highest BCUT2D eigenvalue weighted by Gasteiger charge is 2.15. The maximum atomic E-state index is 10.9. The number of benzene rings is 1. The van der Waals surface area contributed by atoms with Crippen LogP contribution in [0.3, 0.4) is 0 Å². The third kappa shape index (κ3) is 2.31. The summed E-state index contributed by atoms with van der Waals surface area (Å²) in [7, 11) is 3.61. The number of likely N-dealkylation sites (N-methyl/N-ethyl adjacent to an activating group) is 1. The zero-order chi connectivity index (χ0) is 13.1. The van der Waals surface area contributed by atoms with Crippen molar-refractivity contribution in [3.63, 3.8) is 0 Å². The van der Waals surface area contributed by atoms with Crippen LogP contribution in [0.4, 0.5) is 5.69 Å². The Morgan fingerprint density at radius 3 is 2.83 bits per heavy atom. The van der Waals surface area contributed by atoms with Crippen LogP contribution in [0.5, 0.6) is 0 Å². The van der Waals surface area contributed by atoms with Crippen LogP contribution in [-0.2, 0) is 11.8 Å². The summed E-state index contributed by atoms with van der Waals surface area (Å²) in [5.41, 5.74) is 2.07. The summed E-state index contributed by atoms with van der Waals surface area (Å²) in [6, 6.07) is 7.42. The number of para-hydroxylation sites is 1. The van der Waals surface area contributed by atoms with Crippen LogP contribution in [0.25, 0.3) is 10.9 Å². The molecule has 5 nitrogen and oxygen atoms in total. The Labute approximate surface area is 105 Å². The zero-order valence-corrected chi connectivity index (χ0v) is 10.5. The second kappa shape index (κ2) is 5.10. The molecule has 0 amide bonds. The van der Waals surface area contributed by atoms with Crippen molar-refractivity contribution in [2.24, 2.45) is 7.05 Å². The highest BCUT2D eigenvalue weighted by molar-refractivity contribution is 5.93. The fourth-order valence-corrected chi connectivity index (χ4v) is 2.01. The van der Waals surface area contributed by atoms with Gasteiger partial charge in [0.15, 0.2) is 0 Å². The standard InChI is InChI=1S/C13H17N3O2/c1-14-10(13(17)18)7-15-11-8-16(2)12-6-4-3-5-9(11)12/h3-6,8,10,14-15H,7H2,1-2H3,(H,17,18). The van der Waals surface area contributed by atoms with E-state index in [9.17, 15) is 4.79 Å². The lowest BCUT2D eigenvalue weighted by atomic mass is 10.2. The van der Waals surface area contributed by atoms with E-state index in [1.54, 1.807) is 7.05 Å². The maximum Gasteiger partial charge on any atom is 0.322 e. The molecule has 0 radical (unpaired) electrons. The first kappa shape index (κ1) is 12.4. The second-order valence-corrected chi connectivity index (χ2v) is 4.23. The number of hydrogen-bond donors (Lipinski definition) is 3. The van der Waals surface area contributed by atoms with Crippen molar-refractivity contribution in [2.75, 3.05) is 18.9 Å². The van der Waals surface area contributed by atoms with Gasteiger partial charge in [0.05, 0.1) is 5.69 Å². The van der Waals surface area contributed by atoms with Gasteiger partial charge in [-0.3, -0.25) is 4.79 Å². The molecule has 96 valence electrons. The predicted octanol–water partition coefficient (Wildman–Crippen LogP) is 1.26. The lowest BCUT2D eigenvalue weighted by Crippen LogP contribution is -2.39. The number of nitrogens with zero attached hydrogens (tertiary/aromatic N) is 1. The van der Waals surface area contributed by atoms with Crippen molar-refractivity contribution in [1.29, 1.82) is 0 Å². The smallest absolute Gasteiger partial charge is 0.322 e. The van der Waals surface area contributed by atoms with Crippen LogP contribution >= 0.6 is 0 Å². The summed E-state index contributed by atoms with van der Waals surface area (Å²) in [5.74, 6) is -0.856. The molecule has 1 unspecified atom stereocenters. The van der Waals surface area contributed by atoms with Gasteiger partial charge in [0, 0.05) is 30.7 Å². The van der Waals surface area contributed by atoms with E-state index in [0.717, 1.165) is 16.6 Å². The number of rotatable bonds is 5. The van der Waals surface area contributed by atoms with E-state index in [-0.39, 0.29) is 0 Å². The molecule has 18 heavy (non-hydrogen) atoms. The highest BCUT2D eigenvalue weighted by Crippen LogP contribution is 2.24. The third-order valence-electron chi connectivity index (χ3n) is 3.04. The minimum Gasteiger partial charge on any atom is -0.480 e. The number of aryl methyl sites for hydroxylation is 1. The molecule has 0 aliphatic rings. The van der Waals surface area contributed by atoms with Crippen molar-refractivity contribution in [3.05, 3.63) is 30.5 Å². The van der Waals surface area contributed by atoms with Gasteiger partial charge in [-0.25, -0.2) is 0 Å². The van der Waals surface area contributed by atoms with Gasteiger partial charge in [-0.1, -0.05) is 18.2 Å². The predicted molar refractivity (Wildman–Crippen MR) is 71.9 cm³/mol. The average molecular weight is 247 g/mol. The van der Waals surface area contributed by atoms with Crippen molar-refractivity contribution in [3.8, 4) is 0 Å². The summed E-state index contributed by atoms with van der Waals surface area (Å²) in [5, 5.41) is 16.0. The number of nitrogens with one attached hydrogen (secondary N) is 2. The molecule has 1 heterocycles. The molecule has 1 aromatic carbocycles. The molecule has 1 atom stereocenters. The van der Waals surface area contributed by atoms with E-state index in [1.807, 2.05) is 42.1 Å². The SMILES string of the molecule is CNC(CNc1cn(C)c2ccccc12)C(=O)O. The molecule has 0 aliphatic carbocycles. The van der Waals surface area contributed by atoms with Crippen LogP contribution < -0.4 is 10.6 Å². The zero-order valence-electron chi connectivity index (χ0n) is 10.5. The topological polar surface area (TPSA) is 66.3 Å². The van der Waals surface area contributed by atoms with Gasteiger partial charge in [-0.2, -0.15) is 0 Å². The summed E-state index contributed by atoms with van der Waals surface area (Å²) in [4.78, 5) is 10.9. The lowest BCUT2D eigenvalue weighted by Gasteiger charge is -2.12. The first-order chi connectivity index (χ1) is 8.63. The second-order valence-electron chi connectivity index (χ2n) is 4.23. The van der Waals surface area contributed by atoms with E-state index < -0.39 is 12.0 Å². The molecule has 0 saturated carbocycles. The first-order valence-corrected chi connectivity index (χ1v) is 5.81. The van der Waals surface area contributed by atoms with Gasteiger partial charge in [0.1, 0.15) is 6.04 Å². The molecule has 0 spiro atoms. The number of aliphatic carboxylic acids is 1. The Bertz CT molecular complexity index is 562. The Morgan fingerprint density at radius 1 is 1.44 bits per heavy atom. The summed E-state index contributed by atoms with van der Waals surface area (Å²) in [6.07, 6.45) is 1.97. The molecule has 5 heteroatoms. The van der Waals surface area contributed by atoms with Gasteiger partial charge in [0.2, 0.25) is 0 Å². The monoisotopic (exact) mass is 247 g/mol. The minimum absolute atomic E-state index is 0.347. The molecule has 0 saturated heterocycles. The Morgan fingerprint density at radius 2 is 2.17 bits per heavy atom. The highest BCUT2D eigenvalue weighted by atomic mass is 16.4. The molecule has 2 aromatic rings. The van der Waals surface area contributed by atoms with Crippen molar-refractivity contribution >= 4 is 22.6 Å². The minimum atomic E-state index is -0.856. The Kier molecular flexibility index (Phi) is 3.53. The molecule has 3 N–H and O–H groups in total. The molecule has 0 aliphatic heterocycles. The van der Waals surface area contributed by atoms with Crippen LogP contribution in [0.15, 0.2) is 30.5 Å². The number of aromatic nitrogens is 1. The third-order valence-corrected chi connectivity index (χ3v) is 3.04. The van der Waals surface area contributed by atoms with Gasteiger partial charge in [-0.05, 0) is 13.1 Å². The van der Waals surface area contributed by atoms with Gasteiger partial charge < -0.3 is 20.3 Å². The quantitative estimate of drug-likeness (QED) is 0.744. The number of anilines is 1. The number of fused-ring (bicyclic) bond motifs is 1. The van der Waals surface area contributed by atoms with Crippen LogP contribution in [0.2, 0.25) is 0 Å². The molecule has 0 bridgehead atoms. The fourth-order valence-electron chi connectivity index (χ4n) is 2.01. The van der Waals surface area contributed by atoms with Crippen molar-refractivity contribution in [2.45, 2.75) is 6.04 Å². The van der Waals surface area contributed by atoms with Crippen LogP contribution in [0, 0.1) is 0 Å². The Hall–Kier alpha value is -2.01. The molecule has 0 fully saturated rings. The number of carboxylic acid groups (broad SMARTS) is 1.